The van der Waals surface area contributed by atoms with Gasteiger partial charge in [0, 0.05) is 23.5 Å². The third-order valence-corrected chi connectivity index (χ3v) is 6.15. The maximum Gasteiger partial charge on any atom is 0.173 e. The van der Waals surface area contributed by atoms with Gasteiger partial charge in [-0.2, -0.15) is 0 Å². The molecule has 4 rings (SSSR count). The summed E-state index contributed by atoms with van der Waals surface area (Å²) in [6.07, 6.45) is 3.26. The monoisotopic (exact) mass is 388 g/mol. The van der Waals surface area contributed by atoms with Gasteiger partial charge in [0.25, 0.3) is 0 Å². The van der Waals surface area contributed by atoms with Crippen LogP contribution in [-0.4, -0.2) is 12.4 Å². The van der Waals surface area contributed by atoms with Crippen LogP contribution in [0.3, 0.4) is 0 Å². The largest absolute Gasteiger partial charge is 0.491 e. The minimum atomic E-state index is -0.987. The van der Waals surface area contributed by atoms with Gasteiger partial charge in [0.2, 0.25) is 0 Å². The van der Waals surface area contributed by atoms with E-state index in [2.05, 4.69) is 0 Å². The molecule has 0 saturated heterocycles. The van der Waals surface area contributed by atoms with Crippen molar-refractivity contribution in [2.24, 2.45) is 5.92 Å². The summed E-state index contributed by atoms with van der Waals surface area (Å²) in [4.78, 5) is 11.9. The Balaban J connectivity index is 1.66. The maximum atomic E-state index is 14.9. The molecule has 2 aromatic rings. The molecular formula is C23H23F3O2. The molecule has 0 heterocycles. The lowest BCUT2D eigenvalue weighted by Crippen LogP contribution is -2.21. The molecule has 0 atom stereocenters. The van der Waals surface area contributed by atoms with Gasteiger partial charge in [-0.15, -0.1) is 0 Å². The first-order chi connectivity index (χ1) is 13.5. The van der Waals surface area contributed by atoms with E-state index >= 15 is 0 Å². The molecule has 28 heavy (non-hydrogen) atoms. The van der Waals surface area contributed by atoms with Crippen molar-refractivity contribution in [1.29, 1.82) is 0 Å². The molecule has 0 amide bonds. The zero-order valence-corrected chi connectivity index (χ0v) is 16.1. The van der Waals surface area contributed by atoms with Crippen LogP contribution in [0, 0.1) is 23.4 Å². The molecule has 0 bridgehead atoms. The summed E-state index contributed by atoms with van der Waals surface area (Å²) in [5.41, 5.74) is 1.59. The summed E-state index contributed by atoms with van der Waals surface area (Å²) in [6, 6.07) is 4.90. The number of Topliss-reactive ketones (excluding diaryl/α,β-unsaturated/α-hetero) is 1. The predicted molar refractivity (Wildman–Crippen MR) is 102 cm³/mol. The molecule has 2 aromatic carbocycles. The van der Waals surface area contributed by atoms with Crippen LogP contribution in [0.5, 0.6) is 5.75 Å². The number of hydrogen-bond donors (Lipinski definition) is 0. The lowest BCUT2D eigenvalue weighted by molar-refractivity contribution is -0.123. The maximum absolute atomic E-state index is 14.9. The Bertz CT molecular complexity index is 944. The Morgan fingerprint density at radius 1 is 0.964 bits per heavy atom. The molecule has 2 aliphatic carbocycles. The fourth-order valence-electron chi connectivity index (χ4n) is 4.64. The summed E-state index contributed by atoms with van der Waals surface area (Å²) in [6.45, 7) is 3.89. The van der Waals surface area contributed by atoms with Gasteiger partial charge in [-0.1, -0.05) is 6.92 Å². The molecule has 1 saturated carbocycles. The van der Waals surface area contributed by atoms with Gasteiger partial charge in [0.1, 0.15) is 5.78 Å². The SMILES string of the molecule is CCOc1ccc2c(c1F)-c1c-2cc(C2CCC(C(=O)CC)CC2)c(F)c1F. The highest BCUT2D eigenvalue weighted by molar-refractivity contribution is 6.03. The number of benzene rings is 2. The third kappa shape index (κ3) is 2.83. The number of fused-ring (bicyclic) bond motifs is 4. The Hall–Kier alpha value is -2.30. The van der Waals surface area contributed by atoms with E-state index in [1.165, 1.54) is 6.07 Å². The zero-order chi connectivity index (χ0) is 20.0. The van der Waals surface area contributed by atoms with Crippen molar-refractivity contribution >= 4 is 5.78 Å². The van der Waals surface area contributed by atoms with Crippen LogP contribution in [0.15, 0.2) is 18.2 Å². The zero-order valence-electron chi connectivity index (χ0n) is 16.1. The van der Waals surface area contributed by atoms with Gasteiger partial charge in [0.15, 0.2) is 23.2 Å². The first-order valence-corrected chi connectivity index (χ1v) is 9.98. The number of ether oxygens (including phenoxy) is 1. The van der Waals surface area contributed by atoms with Crippen LogP contribution in [0.1, 0.15) is 57.4 Å². The number of hydrogen-bond acceptors (Lipinski definition) is 2. The molecule has 0 aromatic heterocycles. The van der Waals surface area contributed by atoms with Crippen molar-refractivity contribution in [2.45, 2.75) is 51.9 Å². The van der Waals surface area contributed by atoms with Gasteiger partial charge in [-0.05, 0) is 73.4 Å². The summed E-state index contributed by atoms with van der Waals surface area (Å²) >= 11 is 0. The second-order valence-electron chi connectivity index (χ2n) is 7.62. The van der Waals surface area contributed by atoms with E-state index in [9.17, 15) is 18.0 Å². The number of rotatable bonds is 5. The van der Waals surface area contributed by atoms with Gasteiger partial charge in [-0.3, -0.25) is 4.79 Å². The smallest absolute Gasteiger partial charge is 0.173 e. The van der Waals surface area contributed by atoms with Crippen molar-refractivity contribution < 1.29 is 22.7 Å². The van der Waals surface area contributed by atoms with Crippen molar-refractivity contribution in [3.05, 3.63) is 41.2 Å². The number of halogens is 3. The van der Waals surface area contributed by atoms with Gasteiger partial charge < -0.3 is 4.74 Å². The van der Waals surface area contributed by atoms with E-state index < -0.39 is 17.5 Å². The molecule has 2 nitrogen and oxygen atoms in total. The normalized spacial score (nSPS) is 20.2. The van der Waals surface area contributed by atoms with Gasteiger partial charge in [-0.25, -0.2) is 13.2 Å². The summed E-state index contributed by atoms with van der Waals surface area (Å²) < 4.78 is 49.6. The Morgan fingerprint density at radius 3 is 2.29 bits per heavy atom. The lowest BCUT2D eigenvalue weighted by Gasteiger charge is -2.31. The minimum Gasteiger partial charge on any atom is -0.491 e. The topological polar surface area (TPSA) is 26.3 Å². The molecule has 5 heteroatoms. The van der Waals surface area contributed by atoms with Gasteiger partial charge in [0.05, 0.1) is 6.61 Å². The van der Waals surface area contributed by atoms with E-state index in [1.807, 2.05) is 6.92 Å². The molecule has 0 spiro atoms. The molecule has 148 valence electrons. The molecular weight excluding hydrogens is 365 g/mol. The minimum absolute atomic E-state index is 0.00477. The number of carbonyl (C=O) groups excluding carboxylic acids is 1. The molecule has 2 aliphatic rings. The highest BCUT2D eigenvalue weighted by atomic mass is 19.2. The Labute approximate surface area is 162 Å². The van der Waals surface area contributed by atoms with Crippen LogP contribution >= 0.6 is 0 Å². The van der Waals surface area contributed by atoms with Crippen LogP contribution < -0.4 is 4.74 Å². The number of ketones is 1. The fourth-order valence-corrected chi connectivity index (χ4v) is 4.64. The van der Waals surface area contributed by atoms with Crippen LogP contribution in [0.2, 0.25) is 0 Å². The van der Waals surface area contributed by atoms with E-state index in [4.69, 9.17) is 4.74 Å². The summed E-state index contributed by atoms with van der Waals surface area (Å²) in [5, 5.41) is 0. The Morgan fingerprint density at radius 2 is 1.64 bits per heavy atom. The quantitative estimate of drug-likeness (QED) is 0.505. The highest BCUT2D eigenvalue weighted by Gasteiger charge is 2.36. The fraction of sp³-hybridized carbons (Fsp3) is 0.435. The highest BCUT2D eigenvalue weighted by Crippen LogP contribution is 2.54. The second-order valence-corrected chi connectivity index (χ2v) is 7.62. The second kappa shape index (κ2) is 7.26. The van der Waals surface area contributed by atoms with E-state index in [1.54, 1.807) is 19.1 Å². The molecule has 0 unspecified atom stereocenters. The van der Waals surface area contributed by atoms with Crippen molar-refractivity contribution in [3.8, 4) is 28.0 Å². The van der Waals surface area contributed by atoms with Crippen LogP contribution in [0.4, 0.5) is 13.2 Å². The standard InChI is InChI=1S/C23H23F3O2/c1-3-17(27)13-7-5-12(6-8-13)15-11-16-14-9-10-18(28-4-2)22(25)19(14)20(16)23(26)21(15)24/h9-13H,3-8H2,1-2H3. The van der Waals surface area contributed by atoms with Crippen molar-refractivity contribution in [3.63, 3.8) is 0 Å². The lowest BCUT2D eigenvalue weighted by atomic mass is 9.73. The first-order valence-electron chi connectivity index (χ1n) is 9.98. The van der Waals surface area contributed by atoms with Crippen LogP contribution in [0.25, 0.3) is 22.3 Å². The average Bonchev–Trinajstić information content (AvgIpc) is 2.69. The summed E-state index contributed by atoms with van der Waals surface area (Å²) in [5.74, 6) is -2.30. The van der Waals surface area contributed by atoms with E-state index in [0.717, 1.165) is 0 Å². The molecule has 0 radical (unpaired) electrons. The average molecular weight is 388 g/mol. The Kier molecular flexibility index (Phi) is 4.94. The third-order valence-electron chi connectivity index (χ3n) is 6.15. The summed E-state index contributed by atoms with van der Waals surface area (Å²) in [7, 11) is 0. The van der Waals surface area contributed by atoms with E-state index in [-0.39, 0.29) is 34.5 Å². The predicted octanol–water partition coefficient (Wildman–Crippen LogP) is 6.40. The molecule has 0 N–H and O–H groups in total. The van der Waals surface area contributed by atoms with E-state index in [0.29, 0.717) is 55.4 Å². The molecule has 1 fully saturated rings. The van der Waals surface area contributed by atoms with Crippen LogP contribution in [-0.2, 0) is 4.79 Å². The van der Waals surface area contributed by atoms with Crippen molar-refractivity contribution in [2.75, 3.05) is 6.61 Å². The van der Waals surface area contributed by atoms with Crippen molar-refractivity contribution in [1.82, 2.24) is 0 Å². The molecule has 0 aliphatic heterocycles. The first kappa shape index (κ1) is 19.0. The number of carbonyl (C=O) groups is 1. The van der Waals surface area contributed by atoms with Gasteiger partial charge >= 0.3 is 0 Å².